The molecule has 3 aliphatic carbocycles. The second kappa shape index (κ2) is 6.77. The molecule has 2 unspecified atom stereocenters. The third-order valence-electron chi connectivity index (χ3n) is 7.11. The van der Waals surface area contributed by atoms with E-state index in [9.17, 15) is 10.2 Å². The van der Waals surface area contributed by atoms with Gasteiger partial charge in [-0.15, -0.1) is 0 Å². The van der Waals surface area contributed by atoms with E-state index in [-0.39, 0.29) is 28.5 Å². The second-order valence-electron chi connectivity index (χ2n) is 8.94. The Balaban J connectivity index is 1.67. The van der Waals surface area contributed by atoms with E-state index in [1.807, 2.05) is 36.4 Å². The number of nitrogens with zero attached hydrogens (tertiary/aromatic N) is 2. The van der Waals surface area contributed by atoms with Crippen molar-refractivity contribution in [3.05, 3.63) is 59.7 Å². The molecule has 2 aromatic carbocycles. The highest BCUT2D eigenvalue weighted by molar-refractivity contribution is 5.84. The Morgan fingerprint density at radius 1 is 0.857 bits per heavy atom. The molecule has 0 saturated heterocycles. The Morgan fingerprint density at radius 2 is 1.43 bits per heavy atom. The van der Waals surface area contributed by atoms with Crippen molar-refractivity contribution >= 4 is 12.4 Å². The first-order valence-electron chi connectivity index (χ1n) is 9.97. The SMILES string of the molecule is CC1(C)C2CC1[C@](C)(N=Cc1ccccc1O)[C@H](N=Cc1ccccc1O)C2. The number of aliphatic imine (C=N–C) groups is 2. The molecule has 2 N–H and O–H groups in total. The molecule has 0 radical (unpaired) electrons. The molecule has 0 aromatic heterocycles. The van der Waals surface area contributed by atoms with Gasteiger partial charge in [0.15, 0.2) is 0 Å². The van der Waals surface area contributed by atoms with E-state index < -0.39 is 0 Å². The van der Waals surface area contributed by atoms with Gasteiger partial charge in [-0.3, -0.25) is 9.98 Å². The standard InChI is InChI=1S/C24H28N2O2/c1-23(2)18-12-21(23)24(3,26-15-17-9-5-7-11-20(17)28)22(13-18)25-14-16-8-4-6-10-19(16)27/h4-11,14-15,18,21-22,27-28H,12-13H2,1-3H3/t18?,21?,22-,24+/m1/s1. The van der Waals surface area contributed by atoms with E-state index in [2.05, 4.69) is 20.8 Å². The number of hydrogen-bond acceptors (Lipinski definition) is 4. The molecule has 3 aliphatic rings. The fraction of sp³-hybridized carbons (Fsp3) is 0.417. The van der Waals surface area contributed by atoms with Crippen molar-refractivity contribution in [2.45, 2.75) is 45.2 Å². The molecule has 0 amide bonds. The van der Waals surface area contributed by atoms with E-state index in [4.69, 9.17) is 9.98 Å². The van der Waals surface area contributed by atoms with E-state index in [1.165, 1.54) is 6.42 Å². The topological polar surface area (TPSA) is 65.2 Å². The molecule has 0 spiro atoms. The number of benzene rings is 2. The van der Waals surface area contributed by atoms with E-state index >= 15 is 0 Å². The van der Waals surface area contributed by atoms with Gasteiger partial charge < -0.3 is 10.2 Å². The summed E-state index contributed by atoms with van der Waals surface area (Å²) in [6.07, 6.45) is 5.74. The monoisotopic (exact) mass is 376 g/mol. The smallest absolute Gasteiger partial charge is 0.124 e. The van der Waals surface area contributed by atoms with Gasteiger partial charge >= 0.3 is 0 Å². The van der Waals surface area contributed by atoms with E-state index in [0.29, 0.717) is 11.8 Å². The van der Waals surface area contributed by atoms with Crippen LogP contribution in [0.2, 0.25) is 0 Å². The van der Waals surface area contributed by atoms with Crippen LogP contribution in [-0.4, -0.2) is 34.2 Å². The zero-order chi connectivity index (χ0) is 19.9. The van der Waals surface area contributed by atoms with E-state index in [1.54, 1.807) is 24.6 Å². The van der Waals surface area contributed by atoms with E-state index in [0.717, 1.165) is 17.5 Å². The minimum Gasteiger partial charge on any atom is -0.507 e. The molecule has 28 heavy (non-hydrogen) atoms. The highest BCUT2D eigenvalue weighted by Crippen LogP contribution is 2.64. The quantitative estimate of drug-likeness (QED) is 0.751. The van der Waals surface area contributed by atoms with Crippen molar-refractivity contribution in [3.63, 3.8) is 0 Å². The van der Waals surface area contributed by atoms with Crippen LogP contribution in [-0.2, 0) is 0 Å². The van der Waals surface area contributed by atoms with Crippen LogP contribution in [0, 0.1) is 17.3 Å². The predicted octanol–water partition coefficient (Wildman–Crippen LogP) is 4.83. The molecule has 2 bridgehead atoms. The van der Waals surface area contributed by atoms with Gasteiger partial charge in [0.05, 0.1) is 11.6 Å². The fourth-order valence-corrected chi connectivity index (χ4v) is 5.11. The predicted molar refractivity (Wildman–Crippen MR) is 114 cm³/mol. The first-order valence-corrected chi connectivity index (χ1v) is 9.97. The average molecular weight is 377 g/mol. The lowest BCUT2D eigenvalue weighted by Gasteiger charge is -2.65. The maximum Gasteiger partial charge on any atom is 0.124 e. The van der Waals surface area contributed by atoms with Crippen LogP contribution in [0.1, 0.15) is 44.7 Å². The Labute approximate surface area is 166 Å². The van der Waals surface area contributed by atoms with Crippen LogP contribution < -0.4 is 0 Å². The van der Waals surface area contributed by atoms with Gasteiger partial charge in [-0.05, 0) is 61.3 Å². The normalized spacial score (nSPS) is 31.2. The number of fused-ring (bicyclic) bond motifs is 2. The van der Waals surface area contributed by atoms with Crippen molar-refractivity contribution in [1.82, 2.24) is 0 Å². The third kappa shape index (κ3) is 3.01. The van der Waals surface area contributed by atoms with Crippen molar-refractivity contribution in [1.29, 1.82) is 0 Å². The maximum absolute atomic E-state index is 10.1. The Bertz CT molecular complexity index is 934. The van der Waals surface area contributed by atoms with Crippen molar-refractivity contribution < 1.29 is 10.2 Å². The second-order valence-corrected chi connectivity index (χ2v) is 8.94. The summed E-state index contributed by atoms with van der Waals surface area (Å²) < 4.78 is 0. The van der Waals surface area contributed by atoms with Gasteiger partial charge in [-0.2, -0.15) is 0 Å². The van der Waals surface area contributed by atoms with Gasteiger partial charge in [0.25, 0.3) is 0 Å². The van der Waals surface area contributed by atoms with Gasteiger partial charge in [-0.25, -0.2) is 0 Å². The number of para-hydroxylation sites is 2. The highest BCUT2D eigenvalue weighted by atomic mass is 16.3. The lowest BCUT2D eigenvalue weighted by atomic mass is 9.42. The molecule has 3 saturated carbocycles. The summed E-state index contributed by atoms with van der Waals surface area (Å²) in [5.74, 6) is 1.57. The zero-order valence-corrected chi connectivity index (χ0v) is 16.7. The number of rotatable bonds is 4. The van der Waals surface area contributed by atoms with Gasteiger partial charge in [0, 0.05) is 23.6 Å². The Morgan fingerprint density at radius 3 is 2.00 bits per heavy atom. The fourth-order valence-electron chi connectivity index (χ4n) is 5.11. The number of phenolic OH excluding ortho intramolecular Hbond substituents is 2. The maximum atomic E-state index is 10.1. The summed E-state index contributed by atoms with van der Waals surface area (Å²) in [6, 6.07) is 14.6. The summed E-state index contributed by atoms with van der Waals surface area (Å²) in [5.41, 5.74) is 1.35. The van der Waals surface area contributed by atoms with Gasteiger partial charge in [-0.1, -0.05) is 38.1 Å². The van der Waals surface area contributed by atoms with Crippen molar-refractivity contribution in [3.8, 4) is 11.5 Å². The minimum atomic E-state index is -0.346. The first kappa shape index (κ1) is 18.7. The van der Waals surface area contributed by atoms with Crippen LogP contribution in [0.5, 0.6) is 11.5 Å². The first-order chi connectivity index (χ1) is 13.3. The summed E-state index contributed by atoms with van der Waals surface area (Å²) in [6.45, 7) is 6.86. The summed E-state index contributed by atoms with van der Waals surface area (Å²) in [7, 11) is 0. The molecule has 146 valence electrons. The minimum absolute atomic E-state index is 0.0472. The van der Waals surface area contributed by atoms with Crippen LogP contribution in [0.25, 0.3) is 0 Å². The highest BCUT2D eigenvalue weighted by Gasteiger charge is 2.63. The number of aromatic hydroxyl groups is 2. The lowest BCUT2D eigenvalue weighted by Crippen LogP contribution is -2.65. The molecule has 2 aromatic rings. The Kier molecular flexibility index (Phi) is 4.53. The lowest BCUT2D eigenvalue weighted by molar-refractivity contribution is -0.119. The third-order valence-corrected chi connectivity index (χ3v) is 7.11. The van der Waals surface area contributed by atoms with Crippen LogP contribution in [0.3, 0.4) is 0 Å². The summed E-state index contributed by atoms with van der Waals surface area (Å²) in [5, 5.41) is 20.2. The van der Waals surface area contributed by atoms with Crippen molar-refractivity contribution in [2.75, 3.05) is 0 Å². The number of hydrogen-bond donors (Lipinski definition) is 2. The molecule has 4 heteroatoms. The van der Waals surface area contributed by atoms with Crippen LogP contribution >= 0.6 is 0 Å². The average Bonchev–Trinajstić information content (AvgIpc) is 2.67. The summed E-state index contributed by atoms with van der Waals surface area (Å²) >= 11 is 0. The molecule has 3 fully saturated rings. The molecule has 0 heterocycles. The van der Waals surface area contributed by atoms with Crippen molar-refractivity contribution in [2.24, 2.45) is 27.2 Å². The summed E-state index contributed by atoms with van der Waals surface area (Å²) in [4.78, 5) is 9.90. The number of phenols is 2. The largest absolute Gasteiger partial charge is 0.507 e. The molecular formula is C24H28N2O2. The van der Waals surface area contributed by atoms with Crippen LogP contribution in [0.4, 0.5) is 0 Å². The Hall–Kier alpha value is -2.62. The van der Waals surface area contributed by atoms with Crippen LogP contribution in [0.15, 0.2) is 58.5 Å². The zero-order valence-electron chi connectivity index (χ0n) is 16.7. The van der Waals surface area contributed by atoms with Gasteiger partial charge in [0.1, 0.15) is 11.5 Å². The molecule has 0 aliphatic heterocycles. The van der Waals surface area contributed by atoms with Gasteiger partial charge in [0.2, 0.25) is 0 Å². The molecule has 4 atom stereocenters. The molecule has 5 rings (SSSR count). The molecule has 4 nitrogen and oxygen atoms in total. The molecular weight excluding hydrogens is 348 g/mol.